The first-order valence-electron chi connectivity index (χ1n) is 10.2. The largest absolute Gasteiger partial charge is 0.487 e. The second-order valence-corrected chi connectivity index (χ2v) is 8.09. The van der Waals surface area contributed by atoms with Crippen LogP contribution in [0.25, 0.3) is 0 Å². The van der Waals surface area contributed by atoms with Gasteiger partial charge < -0.3 is 30.0 Å². The van der Waals surface area contributed by atoms with Crippen LogP contribution in [-0.2, 0) is 19.1 Å². The van der Waals surface area contributed by atoms with E-state index in [-0.39, 0.29) is 49.6 Å². The predicted molar refractivity (Wildman–Crippen MR) is 105 cm³/mol. The van der Waals surface area contributed by atoms with Gasteiger partial charge in [0.2, 0.25) is 11.8 Å². The van der Waals surface area contributed by atoms with Gasteiger partial charge in [0.25, 0.3) is 0 Å². The summed E-state index contributed by atoms with van der Waals surface area (Å²) in [5.41, 5.74) is 1.64. The Morgan fingerprint density at radius 3 is 2.83 bits per heavy atom. The molecule has 0 radical (unpaired) electrons. The van der Waals surface area contributed by atoms with Crippen LogP contribution in [-0.4, -0.2) is 62.1 Å². The van der Waals surface area contributed by atoms with Crippen LogP contribution < -0.4 is 15.4 Å². The summed E-state index contributed by atoms with van der Waals surface area (Å²) in [5, 5.41) is 15.6. The Balaban J connectivity index is 1.44. The van der Waals surface area contributed by atoms with Crippen molar-refractivity contribution >= 4 is 17.5 Å². The standard InChI is InChI=1S/C21H28N2O6/c1-27-11-20(26)23-13-4-5-17-15(6-13)16-7-14(28-18(10-24)21(16)29-17)8-19(25)22-9-12-2-3-12/h4-6,12,14,16,18,21,24H,2-3,7-11H2,1H3,(H,22,25)(H,23,26)/t14-,16+,18+,21-/m0/s1. The molecule has 4 rings (SSSR count). The van der Waals surface area contributed by atoms with E-state index in [1.54, 1.807) is 6.07 Å². The van der Waals surface area contributed by atoms with E-state index in [4.69, 9.17) is 14.2 Å². The fourth-order valence-electron chi connectivity index (χ4n) is 4.15. The van der Waals surface area contributed by atoms with Crippen LogP contribution in [0.5, 0.6) is 5.75 Å². The maximum atomic E-state index is 12.3. The predicted octanol–water partition coefficient (Wildman–Crippen LogP) is 1.18. The molecule has 4 atom stereocenters. The van der Waals surface area contributed by atoms with Crippen molar-refractivity contribution in [2.75, 3.05) is 32.2 Å². The van der Waals surface area contributed by atoms with Gasteiger partial charge >= 0.3 is 0 Å². The number of aliphatic hydroxyl groups excluding tert-OH is 1. The minimum absolute atomic E-state index is 0.00332. The molecule has 3 N–H and O–H groups in total. The molecule has 0 aromatic heterocycles. The first kappa shape index (κ1) is 20.1. The summed E-state index contributed by atoms with van der Waals surface area (Å²) in [6.45, 7) is 0.544. The lowest BCUT2D eigenvalue weighted by Gasteiger charge is -2.37. The third-order valence-corrected chi connectivity index (χ3v) is 5.76. The van der Waals surface area contributed by atoms with Crippen LogP contribution >= 0.6 is 0 Å². The molecule has 1 aliphatic carbocycles. The third-order valence-electron chi connectivity index (χ3n) is 5.76. The van der Waals surface area contributed by atoms with Gasteiger partial charge in [-0.3, -0.25) is 9.59 Å². The van der Waals surface area contributed by atoms with Gasteiger partial charge in [0, 0.05) is 30.8 Å². The van der Waals surface area contributed by atoms with Crippen molar-refractivity contribution in [2.45, 2.75) is 49.9 Å². The second kappa shape index (κ2) is 8.69. The molecule has 1 saturated heterocycles. The summed E-state index contributed by atoms with van der Waals surface area (Å²) in [6.07, 6.45) is 2.20. The molecule has 3 aliphatic rings. The van der Waals surface area contributed by atoms with Crippen molar-refractivity contribution in [2.24, 2.45) is 5.92 Å². The molecular weight excluding hydrogens is 376 g/mol. The van der Waals surface area contributed by atoms with Crippen molar-refractivity contribution in [1.29, 1.82) is 0 Å². The van der Waals surface area contributed by atoms with E-state index in [9.17, 15) is 14.7 Å². The number of carbonyl (C=O) groups excluding carboxylic acids is 2. The zero-order valence-corrected chi connectivity index (χ0v) is 16.6. The number of methoxy groups -OCH3 is 1. The van der Waals surface area contributed by atoms with E-state index >= 15 is 0 Å². The summed E-state index contributed by atoms with van der Waals surface area (Å²) >= 11 is 0. The molecule has 1 saturated carbocycles. The smallest absolute Gasteiger partial charge is 0.250 e. The molecule has 0 bridgehead atoms. The molecular formula is C21H28N2O6. The normalized spacial score (nSPS) is 27.5. The number of hydrogen-bond donors (Lipinski definition) is 3. The average Bonchev–Trinajstić information content (AvgIpc) is 3.46. The Bertz CT molecular complexity index is 766. The SMILES string of the molecule is COCC(=O)Nc1ccc2c(c1)[C@H]1C[C@@H](CC(=O)NCC3CC3)O[C@H](CO)[C@H]1O2. The molecule has 2 heterocycles. The Labute approximate surface area is 169 Å². The van der Waals surface area contributed by atoms with Gasteiger partial charge in [-0.1, -0.05) is 0 Å². The number of aliphatic hydroxyl groups is 1. The molecule has 2 amide bonds. The Morgan fingerprint density at radius 1 is 1.28 bits per heavy atom. The van der Waals surface area contributed by atoms with E-state index in [2.05, 4.69) is 10.6 Å². The number of benzene rings is 1. The molecule has 2 aliphatic heterocycles. The molecule has 2 fully saturated rings. The van der Waals surface area contributed by atoms with E-state index in [1.807, 2.05) is 12.1 Å². The van der Waals surface area contributed by atoms with Gasteiger partial charge in [0.15, 0.2) is 0 Å². The molecule has 8 heteroatoms. The van der Waals surface area contributed by atoms with Crippen molar-refractivity contribution in [1.82, 2.24) is 5.32 Å². The summed E-state index contributed by atoms with van der Waals surface area (Å²) in [4.78, 5) is 24.1. The van der Waals surface area contributed by atoms with Gasteiger partial charge in [-0.2, -0.15) is 0 Å². The Kier molecular flexibility index (Phi) is 6.03. The zero-order chi connectivity index (χ0) is 20.4. The lowest BCUT2D eigenvalue weighted by Crippen LogP contribution is -2.47. The maximum Gasteiger partial charge on any atom is 0.250 e. The van der Waals surface area contributed by atoms with Gasteiger partial charge in [0.05, 0.1) is 19.1 Å². The highest BCUT2D eigenvalue weighted by Gasteiger charge is 2.46. The molecule has 1 aromatic carbocycles. The first-order valence-corrected chi connectivity index (χ1v) is 10.2. The van der Waals surface area contributed by atoms with Gasteiger partial charge in [-0.05, 0) is 43.4 Å². The van der Waals surface area contributed by atoms with Gasteiger partial charge in [-0.25, -0.2) is 0 Å². The van der Waals surface area contributed by atoms with Crippen LogP contribution in [0, 0.1) is 5.92 Å². The van der Waals surface area contributed by atoms with Gasteiger partial charge in [0.1, 0.15) is 24.6 Å². The van der Waals surface area contributed by atoms with E-state index in [0.717, 1.165) is 17.9 Å². The molecule has 29 heavy (non-hydrogen) atoms. The summed E-state index contributed by atoms with van der Waals surface area (Å²) in [7, 11) is 1.47. The minimum atomic E-state index is -0.492. The van der Waals surface area contributed by atoms with Crippen LogP contribution in [0.4, 0.5) is 5.69 Å². The number of nitrogens with one attached hydrogen (secondary N) is 2. The highest BCUT2D eigenvalue weighted by Crippen LogP contribution is 2.47. The van der Waals surface area contributed by atoms with Crippen LogP contribution in [0.15, 0.2) is 18.2 Å². The van der Waals surface area contributed by atoms with Crippen molar-refractivity contribution in [3.63, 3.8) is 0 Å². The quantitative estimate of drug-likeness (QED) is 0.601. The van der Waals surface area contributed by atoms with Crippen LogP contribution in [0.2, 0.25) is 0 Å². The Morgan fingerprint density at radius 2 is 2.10 bits per heavy atom. The van der Waals surface area contributed by atoms with Crippen molar-refractivity contribution in [3.05, 3.63) is 23.8 Å². The van der Waals surface area contributed by atoms with E-state index in [1.165, 1.54) is 20.0 Å². The van der Waals surface area contributed by atoms with E-state index < -0.39 is 6.10 Å². The molecule has 0 unspecified atom stereocenters. The average molecular weight is 404 g/mol. The summed E-state index contributed by atoms with van der Waals surface area (Å²) in [5.74, 6) is 1.11. The number of anilines is 1. The monoisotopic (exact) mass is 404 g/mol. The zero-order valence-electron chi connectivity index (χ0n) is 16.6. The fourth-order valence-corrected chi connectivity index (χ4v) is 4.15. The summed E-state index contributed by atoms with van der Waals surface area (Å²) in [6, 6.07) is 5.50. The van der Waals surface area contributed by atoms with Gasteiger partial charge in [-0.15, -0.1) is 0 Å². The lowest BCUT2D eigenvalue weighted by molar-refractivity contribution is -0.142. The first-order chi connectivity index (χ1) is 14.1. The lowest BCUT2D eigenvalue weighted by atomic mass is 9.84. The van der Waals surface area contributed by atoms with Crippen molar-refractivity contribution in [3.8, 4) is 5.75 Å². The highest BCUT2D eigenvalue weighted by molar-refractivity contribution is 5.91. The number of rotatable bonds is 8. The second-order valence-electron chi connectivity index (χ2n) is 8.09. The molecule has 0 spiro atoms. The van der Waals surface area contributed by atoms with Crippen LogP contribution in [0.3, 0.4) is 0 Å². The highest BCUT2D eigenvalue weighted by atomic mass is 16.6. The number of amides is 2. The topological polar surface area (TPSA) is 106 Å². The number of carbonyl (C=O) groups is 2. The summed E-state index contributed by atoms with van der Waals surface area (Å²) < 4.78 is 16.9. The number of hydrogen-bond acceptors (Lipinski definition) is 6. The Hall–Kier alpha value is -2.16. The minimum Gasteiger partial charge on any atom is -0.487 e. The van der Waals surface area contributed by atoms with Crippen molar-refractivity contribution < 1.29 is 28.9 Å². The molecule has 158 valence electrons. The number of fused-ring (bicyclic) bond motifs is 3. The number of ether oxygens (including phenoxy) is 3. The third kappa shape index (κ3) is 4.71. The van der Waals surface area contributed by atoms with E-state index in [0.29, 0.717) is 18.0 Å². The molecule has 1 aromatic rings. The fraction of sp³-hybridized carbons (Fsp3) is 0.619. The molecule has 8 nitrogen and oxygen atoms in total. The van der Waals surface area contributed by atoms with Crippen LogP contribution in [0.1, 0.15) is 37.2 Å². The maximum absolute atomic E-state index is 12.3.